The van der Waals surface area contributed by atoms with Gasteiger partial charge in [-0.05, 0) is 67.6 Å². The van der Waals surface area contributed by atoms with Crippen molar-refractivity contribution in [2.45, 2.75) is 63.8 Å². The van der Waals surface area contributed by atoms with Crippen LogP contribution in [0.25, 0.3) is 11.1 Å². The fourth-order valence-electron chi connectivity index (χ4n) is 5.88. The van der Waals surface area contributed by atoms with Gasteiger partial charge in [0, 0.05) is 42.3 Å². The number of halogens is 3. The number of Topliss-reactive ketones (excluding diaryl/α,β-unsaturated/α-hetero) is 1. The third-order valence-electron chi connectivity index (χ3n) is 7.64. The Morgan fingerprint density at radius 1 is 1.05 bits per heavy atom. The predicted octanol–water partition coefficient (Wildman–Crippen LogP) is 6.41. The second-order valence-electron chi connectivity index (χ2n) is 10.8. The van der Waals surface area contributed by atoms with Crippen LogP contribution in [0.15, 0.2) is 60.9 Å². The van der Waals surface area contributed by atoms with Crippen molar-refractivity contribution in [3.63, 3.8) is 0 Å². The molecule has 2 N–H and O–H groups in total. The van der Waals surface area contributed by atoms with Crippen LogP contribution in [0.2, 0.25) is 0 Å². The van der Waals surface area contributed by atoms with Crippen molar-refractivity contribution in [1.82, 2.24) is 14.5 Å². The molecule has 2 heterocycles. The van der Waals surface area contributed by atoms with Crippen LogP contribution < -0.4 is 5.73 Å². The molecule has 0 saturated heterocycles. The Labute approximate surface area is 236 Å². The Morgan fingerprint density at radius 3 is 2.49 bits per heavy atom. The third kappa shape index (κ3) is 6.56. The normalized spacial score (nSPS) is 14.3. The van der Waals surface area contributed by atoms with Crippen LogP contribution in [0.5, 0.6) is 0 Å². The van der Waals surface area contributed by atoms with Crippen molar-refractivity contribution in [2.24, 2.45) is 5.73 Å². The number of ketones is 1. The summed E-state index contributed by atoms with van der Waals surface area (Å²) in [6.07, 6.45) is 7.98. The van der Waals surface area contributed by atoms with E-state index in [1.54, 1.807) is 18.3 Å². The Kier molecular flexibility index (Phi) is 8.33. The minimum atomic E-state index is -0.912. The predicted molar refractivity (Wildman–Crippen MR) is 149 cm³/mol. The number of carbonyl (C=O) groups is 2. The summed E-state index contributed by atoms with van der Waals surface area (Å²) in [5, 5.41) is 0. The SMILES string of the molecule is Cc1cn(CC(=O)C[C@@H](Cc2cc(F)cc(F)c2)c2ncccc2-c2ccc(F)c(C(N)=O)c2)c(C2CCCC2)n1. The number of hydrogen-bond donors (Lipinski definition) is 1. The highest BCUT2D eigenvalue weighted by Gasteiger charge is 2.26. The standard InChI is InChI=1S/C32H31F3N4O2/c1-19-17-39(32(38-19)21-5-2-3-6-21)18-26(40)14-23(11-20-12-24(33)16-25(34)13-20)30-27(7-4-10-37-30)22-8-9-29(35)28(15-22)31(36)41/h4,7-10,12-13,15-17,21,23H,2-3,5-6,11,14,18H2,1H3,(H2,36,41)/t23-/m1/s1. The van der Waals surface area contributed by atoms with Crippen molar-refractivity contribution < 1.29 is 22.8 Å². The van der Waals surface area contributed by atoms with Crippen molar-refractivity contribution in [3.05, 3.63) is 107 Å². The van der Waals surface area contributed by atoms with Crippen LogP contribution >= 0.6 is 0 Å². The first-order valence-electron chi connectivity index (χ1n) is 13.7. The lowest BCUT2D eigenvalue weighted by molar-refractivity contribution is -0.120. The van der Waals surface area contributed by atoms with Gasteiger partial charge >= 0.3 is 0 Å². The molecule has 1 fully saturated rings. The minimum Gasteiger partial charge on any atom is -0.366 e. The summed E-state index contributed by atoms with van der Waals surface area (Å²) in [7, 11) is 0. The van der Waals surface area contributed by atoms with E-state index in [2.05, 4.69) is 4.98 Å². The maximum atomic E-state index is 14.2. The molecule has 0 spiro atoms. The van der Waals surface area contributed by atoms with Crippen LogP contribution in [0.3, 0.4) is 0 Å². The van der Waals surface area contributed by atoms with Gasteiger partial charge in [-0.3, -0.25) is 14.6 Å². The molecule has 1 aliphatic rings. The molecule has 1 saturated carbocycles. The molecule has 0 unspecified atom stereocenters. The van der Waals surface area contributed by atoms with Gasteiger partial charge in [0.2, 0.25) is 0 Å². The first kappa shape index (κ1) is 28.3. The van der Waals surface area contributed by atoms with E-state index >= 15 is 0 Å². The Hall–Kier alpha value is -4.27. The molecule has 1 atom stereocenters. The van der Waals surface area contributed by atoms with Crippen molar-refractivity contribution >= 4 is 11.7 Å². The van der Waals surface area contributed by atoms with Crippen LogP contribution in [0, 0.1) is 24.4 Å². The first-order chi connectivity index (χ1) is 19.7. The van der Waals surface area contributed by atoms with Crippen molar-refractivity contribution in [2.75, 3.05) is 0 Å². The van der Waals surface area contributed by atoms with E-state index in [0.29, 0.717) is 28.3 Å². The molecule has 2 aromatic carbocycles. The van der Waals surface area contributed by atoms with Gasteiger partial charge in [-0.25, -0.2) is 18.2 Å². The van der Waals surface area contributed by atoms with Gasteiger partial charge in [-0.1, -0.05) is 25.0 Å². The lowest BCUT2D eigenvalue weighted by Crippen LogP contribution is -2.18. The molecule has 1 aliphatic carbocycles. The maximum absolute atomic E-state index is 14.2. The zero-order valence-corrected chi connectivity index (χ0v) is 22.7. The van der Waals surface area contributed by atoms with Gasteiger partial charge < -0.3 is 10.3 Å². The van der Waals surface area contributed by atoms with E-state index in [0.717, 1.165) is 49.3 Å². The van der Waals surface area contributed by atoms with Crippen LogP contribution in [0.1, 0.15) is 77.1 Å². The quantitative estimate of drug-likeness (QED) is 0.243. The number of rotatable bonds is 10. The highest BCUT2D eigenvalue weighted by atomic mass is 19.1. The second kappa shape index (κ2) is 12.1. The molecular weight excluding hydrogens is 529 g/mol. The molecule has 212 valence electrons. The van der Waals surface area contributed by atoms with Crippen molar-refractivity contribution in [3.8, 4) is 11.1 Å². The Bertz CT molecular complexity index is 1570. The molecule has 0 bridgehead atoms. The van der Waals surface area contributed by atoms with Gasteiger partial charge in [0.1, 0.15) is 23.3 Å². The highest BCUT2D eigenvalue weighted by Crippen LogP contribution is 2.35. The van der Waals surface area contributed by atoms with E-state index in [1.165, 1.54) is 24.3 Å². The van der Waals surface area contributed by atoms with E-state index < -0.39 is 29.3 Å². The van der Waals surface area contributed by atoms with E-state index in [-0.39, 0.29) is 30.7 Å². The smallest absolute Gasteiger partial charge is 0.251 e. The number of carbonyl (C=O) groups excluding carboxylic acids is 2. The number of hydrogen-bond acceptors (Lipinski definition) is 4. The molecule has 2 aromatic heterocycles. The summed E-state index contributed by atoms with van der Waals surface area (Å²) < 4.78 is 44.4. The highest BCUT2D eigenvalue weighted by molar-refractivity contribution is 5.94. The first-order valence-corrected chi connectivity index (χ1v) is 13.7. The summed E-state index contributed by atoms with van der Waals surface area (Å²) in [6.45, 7) is 2.02. The fraction of sp³-hybridized carbons (Fsp3) is 0.312. The van der Waals surface area contributed by atoms with Crippen LogP contribution in [-0.4, -0.2) is 26.2 Å². The van der Waals surface area contributed by atoms with E-state index in [1.807, 2.05) is 17.7 Å². The molecule has 0 radical (unpaired) electrons. The number of aryl methyl sites for hydroxylation is 1. The lowest BCUT2D eigenvalue weighted by atomic mass is 9.86. The summed E-state index contributed by atoms with van der Waals surface area (Å²) in [5.41, 5.74) is 7.86. The molecular formula is C32H31F3N4O2. The molecule has 4 aromatic rings. The zero-order chi connectivity index (χ0) is 29.1. The summed E-state index contributed by atoms with van der Waals surface area (Å²) in [5.74, 6) is -2.51. The number of pyridine rings is 1. The topological polar surface area (TPSA) is 90.9 Å². The number of nitrogens with two attached hydrogens (primary N) is 1. The monoisotopic (exact) mass is 560 g/mol. The number of aromatic nitrogens is 3. The molecule has 5 rings (SSSR count). The molecule has 41 heavy (non-hydrogen) atoms. The number of primary amides is 1. The number of imidazole rings is 1. The van der Waals surface area contributed by atoms with Crippen LogP contribution in [-0.2, 0) is 17.8 Å². The van der Waals surface area contributed by atoms with E-state index in [9.17, 15) is 22.8 Å². The molecule has 1 amide bonds. The molecule has 0 aliphatic heterocycles. The van der Waals surface area contributed by atoms with E-state index in [4.69, 9.17) is 10.7 Å². The largest absolute Gasteiger partial charge is 0.366 e. The van der Waals surface area contributed by atoms with Crippen molar-refractivity contribution in [1.29, 1.82) is 0 Å². The number of amides is 1. The zero-order valence-electron chi connectivity index (χ0n) is 22.7. The van der Waals surface area contributed by atoms with Gasteiger partial charge in [-0.2, -0.15) is 0 Å². The minimum absolute atomic E-state index is 0.0351. The maximum Gasteiger partial charge on any atom is 0.251 e. The molecule has 9 heteroatoms. The molecule has 6 nitrogen and oxygen atoms in total. The van der Waals surface area contributed by atoms with Gasteiger partial charge in [-0.15, -0.1) is 0 Å². The Morgan fingerprint density at radius 2 is 1.78 bits per heavy atom. The van der Waals surface area contributed by atoms with Gasteiger partial charge in [0.15, 0.2) is 5.78 Å². The number of benzene rings is 2. The third-order valence-corrected chi connectivity index (χ3v) is 7.64. The fourth-order valence-corrected chi connectivity index (χ4v) is 5.88. The van der Waals surface area contributed by atoms with Gasteiger partial charge in [0.05, 0.1) is 23.5 Å². The second-order valence-corrected chi connectivity index (χ2v) is 10.8. The summed E-state index contributed by atoms with van der Waals surface area (Å²) in [4.78, 5) is 34.7. The Balaban J connectivity index is 1.50. The van der Waals surface area contributed by atoms with Gasteiger partial charge in [0.25, 0.3) is 5.91 Å². The average molecular weight is 561 g/mol. The van der Waals surface area contributed by atoms with Crippen LogP contribution in [0.4, 0.5) is 13.2 Å². The summed E-state index contributed by atoms with van der Waals surface area (Å²) >= 11 is 0. The lowest BCUT2D eigenvalue weighted by Gasteiger charge is -2.21. The average Bonchev–Trinajstić information content (AvgIpc) is 3.57. The number of nitrogens with zero attached hydrogens (tertiary/aromatic N) is 3. The summed E-state index contributed by atoms with van der Waals surface area (Å²) in [6, 6.07) is 10.7.